The lowest BCUT2D eigenvalue weighted by Gasteiger charge is -2.25. The standard InChI is InChI=1S/C12H16FN3O2/c13-8-1-2-9(10(11(8)14)12(17)18)16-7-3-5-15-6-4-7/h1-2,7,15-16H,3-6,14H2,(H,17,18). The third-order valence-corrected chi connectivity index (χ3v) is 3.10. The highest BCUT2D eigenvalue weighted by Gasteiger charge is 2.20. The van der Waals surface area contributed by atoms with Crippen molar-refractivity contribution in [1.82, 2.24) is 5.32 Å². The van der Waals surface area contributed by atoms with Crippen LogP contribution in [0.1, 0.15) is 23.2 Å². The van der Waals surface area contributed by atoms with Crippen LogP contribution in [0, 0.1) is 5.82 Å². The van der Waals surface area contributed by atoms with Gasteiger partial charge in [-0.2, -0.15) is 0 Å². The molecule has 1 aliphatic heterocycles. The minimum atomic E-state index is -1.22. The Balaban J connectivity index is 2.26. The average Bonchev–Trinajstić information content (AvgIpc) is 2.35. The Hall–Kier alpha value is -1.82. The van der Waals surface area contributed by atoms with Gasteiger partial charge in [0.15, 0.2) is 0 Å². The van der Waals surface area contributed by atoms with Crippen molar-refractivity contribution < 1.29 is 14.3 Å². The molecule has 0 radical (unpaired) electrons. The number of nitrogens with one attached hydrogen (secondary N) is 2. The summed E-state index contributed by atoms with van der Waals surface area (Å²) in [6.07, 6.45) is 1.80. The summed E-state index contributed by atoms with van der Waals surface area (Å²) in [4.78, 5) is 11.1. The highest BCUT2D eigenvalue weighted by Crippen LogP contribution is 2.26. The van der Waals surface area contributed by atoms with Crippen LogP contribution in [0.25, 0.3) is 0 Å². The van der Waals surface area contributed by atoms with E-state index in [1.165, 1.54) is 12.1 Å². The molecule has 18 heavy (non-hydrogen) atoms. The molecule has 0 aromatic heterocycles. The van der Waals surface area contributed by atoms with Crippen molar-refractivity contribution >= 4 is 17.3 Å². The highest BCUT2D eigenvalue weighted by atomic mass is 19.1. The van der Waals surface area contributed by atoms with E-state index in [4.69, 9.17) is 10.8 Å². The Kier molecular flexibility index (Phi) is 3.66. The Bertz CT molecular complexity index is 459. The van der Waals surface area contributed by atoms with Gasteiger partial charge in [-0.3, -0.25) is 0 Å². The van der Waals surface area contributed by atoms with Crippen molar-refractivity contribution in [3.05, 3.63) is 23.5 Å². The number of nitrogens with two attached hydrogens (primary N) is 1. The number of nitrogen functional groups attached to an aromatic ring is 1. The normalized spacial score (nSPS) is 16.5. The van der Waals surface area contributed by atoms with E-state index < -0.39 is 11.8 Å². The number of carbonyl (C=O) groups is 1. The molecule has 0 atom stereocenters. The zero-order chi connectivity index (χ0) is 13.1. The second-order valence-electron chi connectivity index (χ2n) is 4.36. The maximum absolute atomic E-state index is 13.3. The molecule has 1 aliphatic rings. The first-order valence-electron chi connectivity index (χ1n) is 5.88. The van der Waals surface area contributed by atoms with E-state index in [0.29, 0.717) is 5.69 Å². The lowest BCUT2D eigenvalue weighted by Crippen LogP contribution is -2.35. The molecule has 0 saturated carbocycles. The Labute approximate surface area is 104 Å². The fraction of sp³-hybridized carbons (Fsp3) is 0.417. The van der Waals surface area contributed by atoms with E-state index in [-0.39, 0.29) is 17.3 Å². The first-order valence-corrected chi connectivity index (χ1v) is 5.88. The van der Waals surface area contributed by atoms with E-state index in [0.717, 1.165) is 25.9 Å². The van der Waals surface area contributed by atoms with Crippen LogP contribution in [0.5, 0.6) is 0 Å². The summed E-state index contributed by atoms with van der Waals surface area (Å²) in [5.41, 5.74) is 5.36. The van der Waals surface area contributed by atoms with Gasteiger partial charge in [-0.15, -0.1) is 0 Å². The second kappa shape index (κ2) is 5.22. The van der Waals surface area contributed by atoms with Gasteiger partial charge in [0.2, 0.25) is 0 Å². The van der Waals surface area contributed by atoms with Crippen molar-refractivity contribution in [1.29, 1.82) is 0 Å². The molecule has 2 rings (SSSR count). The molecule has 1 fully saturated rings. The Morgan fingerprint density at radius 3 is 2.72 bits per heavy atom. The molecule has 0 amide bonds. The molecular formula is C12H16FN3O2. The maximum Gasteiger partial charge on any atom is 0.340 e. The predicted octanol–water partition coefficient (Wildman–Crippen LogP) is 1.27. The number of benzene rings is 1. The van der Waals surface area contributed by atoms with Crippen LogP contribution >= 0.6 is 0 Å². The van der Waals surface area contributed by atoms with Crippen molar-refractivity contribution in [3.63, 3.8) is 0 Å². The molecule has 1 saturated heterocycles. The molecule has 1 heterocycles. The second-order valence-corrected chi connectivity index (χ2v) is 4.36. The summed E-state index contributed by atoms with van der Waals surface area (Å²) in [7, 11) is 0. The van der Waals surface area contributed by atoms with Crippen LogP contribution in [-0.2, 0) is 0 Å². The van der Waals surface area contributed by atoms with Crippen molar-refractivity contribution in [3.8, 4) is 0 Å². The van der Waals surface area contributed by atoms with E-state index in [1.54, 1.807) is 0 Å². The molecule has 1 aromatic rings. The van der Waals surface area contributed by atoms with Gasteiger partial charge >= 0.3 is 5.97 Å². The molecule has 0 unspecified atom stereocenters. The van der Waals surface area contributed by atoms with Crippen molar-refractivity contribution in [2.75, 3.05) is 24.1 Å². The number of halogens is 1. The third-order valence-electron chi connectivity index (χ3n) is 3.10. The lowest BCUT2D eigenvalue weighted by atomic mass is 10.0. The number of hydrogen-bond acceptors (Lipinski definition) is 4. The molecule has 98 valence electrons. The molecule has 0 spiro atoms. The lowest BCUT2D eigenvalue weighted by molar-refractivity contribution is 0.0698. The van der Waals surface area contributed by atoms with Crippen LogP contribution in [0.15, 0.2) is 12.1 Å². The van der Waals surface area contributed by atoms with Crippen LogP contribution < -0.4 is 16.4 Å². The first-order chi connectivity index (χ1) is 8.59. The van der Waals surface area contributed by atoms with Crippen molar-refractivity contribution in [2.24, 2.45) is 0 Å². The Morgan fingerprint density at radius 1 is 1.44 bits per heavy atom. The maximum atomic E-state index is 13.3. The summed E-state index contributed by atoms with van der Waals surface area (Å²) >= 11 is 0. The summed E-state index contributed by atoms with van der Waals surface area (Å²) in [5.74, 6) is -1.92. The third kappa shape index (κ3) is 2.53. The molecule has 6 heteroatoms. The van der Waals surface area contributed by atoms with Gasteiger partial charge in [0.25, 0.3) is 0 Å². The van der Waals surface area contributed by atoms with Crippen LogP contribution in [0.4, 0.5) is 15.8 Å². The van der Waals surface area contributed by atoms with E-state index in [2.05, 4.69) is 10.6 Å². The first kappa shape index (κ1) is 12.6. The topological polar surface area (TPSA) is 87.4 Å². The zero-order valence-corrected chi connectivity index (χ0v) is 9.87. The zero-order valence-electron chi connectivity index (χ0n) is 9.87. The molecule has 0 aliphatic carbocycles. The molecule has 5 N–H and O–H groups in total. The van der Waals surface area contributed by atoms with Gasteiger partial charge in [-0.1, -0.05) is 0 Å². The van der Waals surface area contributed by atoms with Crippen LogP contribution in [0.3, 0.4) is 0 Å². The van der Waals surface area contributed by atoms with Gasteiger partial charge < -0.3 is 21.5 Å². The SMILES string of the molecule is Nc1c(F)ccc(NC2CCNCC2)c1C(=O)O. The van der Waals surface area contributed by atoms with Gasteiger partial charge in [-0.25, -0.2) is 9.18 Å². The van der Waals surface area contributed by atoms with Gasteiger partial charge in [0, 0.05) is 6.04 Å². The largest absolute Gasteiger partial charge is 0.478 e. The minimum Gasteiger partial charge on any atom is -0.478 e. The van der Waals surface area contributed by atoms with Gasteiger partial charge in [0.05, 0.1) is 11.4 Å². The summed E-state index contributed by atoms with van der Waals surface area (Å²) in [6.45, 7) is 1.77. The summed E-state index contributed by atoms with van der Waals surface area (Å²) in [6, 6.07) is 2.80. The average molecular weight is 253 g/mol. The van der Waals surface area contributed by atoms with Gasteiger partial charge in [0.1, 0.15) is 11.4 Å². The number of carboxylic acid groups (broad SMARTS) is 1. The molecular weight excluding hydrogens is 237 g/mol. The van der Waals surface area contributed by atoms with Crippen LogP contribution in [0.2, 0.25) is 0 Å². The fourth-order valence-corrected chi connectivity index (χ4v) is 2.13. The Morgan fingerprint density at radius 2 is 2.11 bits per heavy atom. The number of piperidine rings is 1. The summed E-state index contributed by atoms with van der Waals surface area (Å²) < 4.78 is 13.3. The number of aromatic carboxylic acids is 1. The van der Waals surface area contributed by atoms with Crippen LogP contribution in [-0.4, -0.2) is 30.2 Å². The number of hydrogen-bond donors (Lipinski definition) is 4. The van der Waals surface area contributed by atoms with Gasteiger partial charge in [-0.05, 0) is 38.1 Å². The molecule has 1 aromatic carbocycles. The highest BCUT2D eigenvalue weighted by molar-refractivity contribution is 6.00. The quantitative estimate of drug-likeness (QED) is 0.609. The molecule has 5 nitrogen and oxygen atoms in total. The smallest absolute Gasteiger partial charge is 0.340 e. The number of anilines is 2. The molecule has 0 bridgehead atoms. The van der Waals surface area contributed by atoms with E-state index >= 15 is 0 Å². The monoisotopic (exact) mass is 253 g/mol. The fourth-order valence-electron chi connectivity index (χ4n) is 2.13. The minimum absolute atomic E-state index is 0.187. The van der Waals surface area contributed by atoms with Crippen molar-refractivity contribution in [2.45, 2.75) is 18.9 Å². The number of rotatable bonds is 3. The predicted molar refractivity (Wildman–Crippen MR) is 67.3 cm³/mol. The van der Waals surface area contributed by atoms with E-state index in [1.807, 2.05) is 0 Å². The summed E-state index contributed by atoms with van der Waals surface area (Å²) in [5, 5.41) is 15.5. The number of carboxylic acids is 1. The van der Waals surface area contributed by atoms with E-state index in [9.17, 15) is 9.18 Å².